The highest BCUT2D eigenvalue weighted by Gasteiger charge is 2.64. The summed E-state index contributed by atoms with van der Waals surface area (Å²) in [4.78, 5) is 0. The summed E-state index contributed by atoms with van der Waals surface area (Å²) in [5.41, 5.74) is 1.31. The van der Waals surface area contributed by atoms with E-state index in [1.807, 2.05) is 0 Å². The van der Waals surface area contributed by atoms with Crippen LogP contribution in [0.4, 0.5) is 0 Å². The van der Waals surface area contributed by atoms with E-state index in [4.69, 9.17) is 0 Å². The second kappa shape index (κ2) is 7.79. The fourth-order valence-corrected chi connectivity index (χ4v) is 11.1. The molecule has 0 aromatic carbocycles. The van der Waals surface area contributed by atoms with Crippen molar-refractivity contribution in [3.05, 3.63) is 11.6 Å². The van der Waals surface area contributed by atoms with Crippen LogP contribution in [0.15, 0.2) is 11.6 Å². The summed E-state index contributed by atoms with van der Waals surface area (Å²) in [6.07, 6.45) is 10.1. The Balaban J connectivity index is 1.51. The van der Waals surface area contributed by atoms with Crippen molar-refractivity contribution in [2.75, 3.05) is 6.61 Å². The number of rotatable bonds is 1. The Morgan fingerprint density at radius 2 is 1.53 bits per heavy atom. The van der Waals surface area contributed by atoms with Crippen LogP contribution >= 0.6 is 0 Å². The highest BCUT2D eigenvalue weighted by atomic mass is 16.3. The third-order valence-corrected chi connectivity index (χ3v) is 13.0. The van der Waals surface area contributed by atoms with Gasteiger partial charge in [0.2, 0.25) is 0 Å². The number of fused-ring (bicyclic) bond motifs is 6. The van der Waals surface area contributed by atoms with E-state index < -0.39 is 23.7 Å². The summed E-state index contributed by atoms with van der Waals surface area (Å²) in [7, 11) is 0. The molecule has 4 saturated carbocycles. The van der Waals surface area contributed by atoms with Crippen molar-refractivity contribution in [3.63, 3.8) is 0 Å². The molecule has 0 aliphatic heterocycles. The lowest BCUT2D eigenvalue weighted by molar-refractivity contribution is -0.189. The Kier molecular flexibility index (Phi) is 5.78. The van der Waals surface area contributed by atoms with Crippen LogP contribution < -0.4 is 0 Å². The van der Waals surface area contributed by atoms with Gasteiger partial charge in [0.25, 0.3) is 0 Å². The molecule has 0 aromatic heterocycles. The van der Waals surface area contributed by atoms with E-state index in [1.165, 1.54) is 6.42 Å². The molecular weight excluding hydrogens is 424 g/mol. The van der Waals surface area contributed by atoms with Crippen LogP contribution in [0.3, 0.4) is 0 Å². The monoisotopic (exact) mass is 474 g/mol. The predicted octanol–water partition coefficient (Wildman–Crippen LogP) is 5.08. The molecule has 11 atom stereocenters. The highest BCUT2D eigenvalue weighted by molar-refractivity contribution is 5.26. The van der Waals surface area contributed by atoms with Gasteiger partial charge in [0.1, 0.15) is 0 Å². The van der Waals surface area contributed by atoms with Gasteiger partial charge >= 0.3 is 0 Å². The first kappa shape index (κ1) is 25.2. The molecule has 0 aromatic rings. The van der Waals surface area contributed by atoms with Crippen LogP contribution in [0.5, 0.6) is 0 Å². The molecule has 5 aliphatic rings. The van der Waals surface area contributed by atoms with Crippen LogP contribution in [0.1, 0.15) is 99.3 Å². The van der Waals surface area contributed by atoms with Crippen LogP contribution in [0.2, 0.25) is 0 Å². The Morgan fingerprint density at radius 3 is 2.21 bits per heavy atom. The minimum absolute atomic E-state index is 0.0127. The molecular formula is C30H50O4. The Labute approximate surface area is 207 Å². The lowest BCUT2D eigenvalue weighted by Crippen LogP contribution is -2.60. The van der Waals surface area contributed by atoms with Crippen molar-refractivity contribution in [2.45, 2.75) is 118 Å². The van der Waals surface area contributed by atoms with Crippen molar-refractivity contribution >= 4 is 0 Å². The average molecular weight is 475 g/mol. The molecule has 5 rings (SSSR count). The van der Waals surface area contributed by atoms with Gasteiger partial charge in [0.15, 0.2) is 0 Å². The summed E-state index contributed by atoms with van der Waals surface area (Å²) in [6.45, 7) is 13.9. The van der Waals surface area contributed by atoms with Crippen molar-refractivity contribution in [3.8, 4) is 0 Å². The second-order valence-electron chi connectivity index (χ2n) is 14.9. The van der Waals surface area contributed by atoms with Gasteiger partial charge in [-0.15, -0.1) is 0 Å². The average Bonchev–Trinajstić information content (AvgIpc) is 2.92. The third-order valence-electron chi connectivity index (χ3n) is 13.0. The predicted molar refractivity (Wildman–Crippen MR) is 135 cm³/mol. The van der Waals surface area contributed by atoms with Crippen molar-refractivity contribution in [1.82, 2.24) is 0 Å². The standard InChI is InChI=1S/C30H50O4/c1-26(2)21-9-7-18-15-27(3)13-11-23-28(4,14-12-24(33)30(23,6)17-31)22(27)10-8-19(18)29(21,5)16-20(32)25(26)34/h7,19-25,31-34H,8-17H2,1-6H3. The largest absolute Gasteiger partial charge is 0.396 e. The number of hydrogen-bond acceptors (Lipinski definition) is 4. The first-order valence-electron chi connectivity index (χ1n) is 14.1. The highest BCUT2D eigenvalue weighted by Crippen LogP contribution is 2.70. The molecule has 0 saturated heterocycles. The molecule has 5 aliphatic carbocycles. The Hall–Kier alpha value is -0.420. The number of allylic oxidation sites excluding steroid dienone is 2. The molecule has 4 nitrogen and oxygen atoms in total. The maximum Gasteiger partial charge on any atom is 0.0853 e. The zero-order valence-corrected chi connectivity index (χ0v) is 22.5. The summed E-state index contributed by atoms with van der Waals surface area (Å²) in [5, 5.41) is 43.1. The lowest BCUT2D eigenvalue weighted by atomic mass is 9.42. The van der Waals surface area contributed by atoms with E-state index in [0.29, 0.717) is 30.1 Å². The zero-order chi connectivity index (χ0) is 24.9. The van der Waals surface area contributed by atoms with E-state index in [9.17, 15) is 20.4 Å². The van der Waals surface area contributed by atoms with Gasteiger partial charge in [-0.3, -0.25) is 0 Å². The maximum atomic E-state index is 10.9. The topological polar surface area (TPSA) is 80.9 Å². The molecule has 0 radical (unpaired) electrons. The first-order valence-corrected chi connectivity index (χ1v) is 14.1. The van der Waals surface area contributed by atoms with Crippen LogP contribution in [-0.4, -0.2) is 45.3 Å². The Morgan fingerprint density at radius 1 is 0.824 bits per heavy atom. The summed E-state index contributed by atoms with van der Waals surface area (Å²) in [5.74, 6) is 1.79. The number of aliphatic hydroxyl groups excluding tert-OH is 4. The molecule has 0 heterocycles. The molecule has 4 heteroatoms. The van der Waals surface area contributed by atoms with Gasteiger partial charge in [0.05, 0.1) is 24.9 Å². The smallest absolute Gasteiger partial charge is 0.0853 e. The van der Waals surface area contributed by atoms with Gasteiger partial charge in [0, 0.05) is 5.41 Å². The van der Waals surface area contributed by atoms with Gasteiger partial charge in [-0.05, 0) is 103 Å². The van der Waals surface area contributed by atoms with E-state index in [1.54, 1.807) is 5.57 Å². The van der Waals surface area contributed by atoms with Crippen LogP contribution in [0, 0.1) is 50.7 Å². The lowest BCUT2D eigenvalue weighted by Gasteiger charge is -2.64. The van der Waals surface area contributed by atoms with Gasteiger partial charge in [-0.2, -0.15) is 0 Å². The summed E-state index contributed by atoms with van der Waals surface area (Å²) >= 11 is 0. The molecule has 4 N–H and O–H groups in total. The molecule has 11 unspecified atom stereocenters. The second-order valence-corrected chi connectivity index (χ2v) is 14.9. The minimum Gasteiger partial charge on any atom is -0.396 e. The molecule has 194 valence electrons. The fraction of sp³-hybridized carbons (Fsp3) is 0.933. The minimum atomic E-state index is -0.657. The van der Waals surface area contributed by atoms with Crippen LogP contribution in [-0.2, 0) is 0 Å². The Bertz CT molecular complexity index is 851. The number of hydrogen-bond donors (Lipinski definition) is 4. The van der Waals surface area contributed by atoms with Gasteiger partial charge in [-0.25, -0.2) is 0 Å². The molecule has 0 spiro atoms. The third kappa shape index (κ3) is 3.17. The summed E-state index contributed by atoms with van der Waals surface area (Å²) < 4.78 is 0. The maximum absolute atomic E-state index is 10.9. The number of aliphatic hydroxyl groups is 4. The fourth-order valence-electron chi connectivity index (χ4n) is 11.1. The SMILES string of the molecule is CC12CCC3C(C)(CO)C(O)CCC3(C)C1CCC1C(=CCC3C(C)(C)C(O)C(O)CC13C)C2. The van der Waals surface area contributed by atoms with Gasteiger partial charge in [-0.1, -0.05) is 53.2 Å². The van der Waals surface area contributed by atoms with Crippen molar-refractivity contribution in [2.24, 2.45) is 50.7 Å². The van der Waals surface area contributed by atoms with E-state index >= 15 is 0 Å². The van der Waals surface area contributed by atoms with E-state index in [2.05, 4.69) is 47.6 Å². The molecule has 0 bridgehead atoms. The molecule has 4 fully saturated rings. The zero-order valence-electron chi connectivity index (χ0n) is 22.5. The normalized spacial score (nSPS) is 56.8. The molecule has 0 amide bonds. The quantitative estimate of drug-likeness (QED) is 0.399. The van der Waals surface area contributed by atoms with E-state index in [-0.39, 0.29) is 28.3 Å². The van der Waals surface area contributed by atoms with Crippen molar-refractivity contribution in [1.29, 1.82) is 0 Å². The summed E-state index contributed by atoms with van der Waals surface area (Å²) in [6, 6.07) is 0. The molecule has 34 heavy (non-hydrogen) atoms. The first-order chi connectivity index (χ1) is 15.7. The van der Waals surface area contributed by atoms with Gasteiger partial charge < -0.3 is 20.4 Å². The van der Waals surface area contributed by atoms with E-state index in [0.717, 1.165) is 44.9 Å². The van der Waals surface area contributed by atoms with Crippen LogP contribution in [0.25, 0.3) is 0 Å². The van der Waals surface area contributed by atoms with Crippen molar-refractivity contribution < 1.29 is 20.4 Å².